The Bertz CT molecular complexity index is 1190. The highest BCUT2D eigenvalue weighted by molar-refractivity contribution is 7.88. The summed E-state index contributed by atoms with van der Waals surface area (Å²) in [6.45, 7) is 7.31. The van der Waals surface area contributed by atoms with Gasteiger partial charge in [-0.15, -0.1) is 0 Å². The number of hydrogen-bond donors (Lipinski definition) is 3. The van der Waals surface area contributed by atoms with Crippen LogP contribution in [0.4, 0.5) is 0 Å². The number of sulfonamides is 1. The van der Waals surface area contributed by atoms with Crippen LogP contribution in [0.15, 0.2) is 48.5 Å². The summed E-state index contributed by atoms with van der Waals surface area (Å²) >= 11 is 0. The molecule has 2 amide bonds. The van der Waals surface area contributed by atoms with Crippen LogP contribution in [0.3, 0.4) is 0 Å². The first kappa shape index (κ1) is 29.4. The standard InChI is InChI=1S/C27H38N4O6S/c1-19(2)31(27(33)22-10-11-25(36-4)26(14-22)37-13-12-29-20(3)32)17-23-15-28-16-24(23)30-38(34,35)18-21-8-6-5-7-9-21/h5-11,14,19,23-24,28,30H,12-13,15-18H2,1-4H3,(H,29,32)/t23-,24+/m0/s1. The van der Waals surface area contributed by atoms with Crippen molar-refractivity contribution in [3.05, 3.63) is 59.7 Å². The smallest absolute Gasteiger partial charge is 0.254 e. The van der Waals surface area contributed by atoms with Crippen LogP contribution in [0.25, 0.3) is 0 Å². The van der Waals surface area contributed by atoms with Crippen molar-refractivity contribution < 1.29 is 27.5 Å². The van der Waals surface area contributed by atoms with E-state index in [0.29, 0.717) is 43.2 Å². The summed E-state index contributed by atoms with van der Waals surface area (Å²) in [5.74, 6) is 0.347. The van der Waals surface area contributed by atoms with E-state index in [-0.39, 0.29) is 42.2 Å². The van der Waals surface area contributed by atoms with Gasteiger partial charge in [-0.2, -0.15) is 0 Å². The Hall–Kier alpha value is -3.15. The zero-order valence-electron chi connectivity index (χ0n) is 22.4. The summed E-state index contributed by atoms with van der Waals surface area (Å²) < 4.78 is 39.7. The monoisotopic (exact) mass is 546 g/mol. The third-order valence-electron chi connectivity index (χ3n) is 6.33. The van der Waals surface area contributed by atoms with Crippen molar-refractivity contribution in [1.29, 1.82) is 0 Å². The molecular formula is C27H38N4O6S. The second-order valence-electron chi connectivity index (χ2n) is 9.64. The second-order valence-corrected chi connectivity index (χ2v) is 11.4. The van der Waals surface area contributed by atoms with E-state index in [1.54, 1.807) is 35.2 Å². The summed E-state index contributed by atoms with van der Waals surface area (Å²) in [6, 6.07) is 13.6. The van der Waals surface area contributed by atoms with Crippen LogP contribution < -0.4 is 24.8 Å². The summed E-state index contributed by atoms with van der Waals surface area (Å²) in [5, 5.41) is 5.92. The normalized spacial score (nSPS) is 17.3. The molecule has 3 rings (SSSR count). The molecule has 0 aliphatic carbocycles. The molecule has 0 saturated carbocycles. The van der Waals surface area contributed by atoms with Crippen molar-refractivity contribution >= 4 is 21.8 Å². The minimum Gasteiger partial charge on any atom is -0.493 e. The molecule has 208 valence electrons. The van der Waals surface area contributed by atoms with Crippen LogP contribution in [0, 0.1) is 5.92 Å². The second kappa shape index (κ2) is 13.6. The molecule has 10 nitrogen and oxygen atoms in total. The van der Waals surface area contributed by atoms with E-state index in [4.69, 9.17) is 9.47 Å². The molecule has 1 aliphatic heterocycles. The van der Waals surface area contributed by atoms with Gasteiger partial charge in [0.25, 0.3) is 5.91 Å². The van der Waals surface area contributed by atoms with E-state index < -0.39 is 10.0 Å². The van der Waals surface area contributed by atoms with Crippen molar-refractivity contribution in [3.8, 4) is 11.5 Å². The number of benzene rings is 2. The average Bonchev–Trinajstić information content (AvgIpc) is 3.30. The van der Waals surface area contributed by atoms with Crippen molar-refractivity contribution in [3.63, 3.8) is 0 Å². The maximum Gasteiger partial charge on any atom is 0.254 e. The lowest BCUT2D eigenvalue weighted by atomic mass is 10.0. The Labute approximate surface area is 225 Å². The van der Waals surface area contributed by atoms with Crippen LogP contribution >= 0.6 is 0 Å². The highest BCUT2D eigenvalue weighted by Gasteiger charge is 2.34. The molecular weight excluding hydrogens is 508 g/mol. The number of nitrogens with one attached hydrogen (secondary N) is 3. The Kier molecular flexibility index (Phi) is 10.5. The number of carbonyl (C=O) groups is 2. The largest absolute Gasteiger partial charge is 0.493 e. The third kappa shape index (κ3) is 8.44. The molecule has 2 aromatic carbocycles. The summed E-state index contributed by atoms with van der Waals surface area (Å²) in [7, 11) is -2.04. The minimum atomic E-state index is -3.56. The number of amides is 2. The van der Waals surface area contributed by atoms with Crippen molar-refractivity contribution in [2.24, 2.45) is 5.92 Å². The van der Waals surface area contributed by atoms with Gasteiger partial charge in [-0.1, -0.05) is 30.3 Å². The SMILES string of the molecule is COc1ccc(C(=O)N(C[C@@H]2CNC[C@H]2NS(=O)(=O)Cc2ccccc2)C(C)C)cc1OCCNC(C)=O. The molecule has 1 heterocycles. The van der Waals surface area contributed by atoms with Gasteiger partial charge in [0.1, 0.15) is 6.61 Å². The molecule has 0 unspecified atom stereocenters. The predicted molar refractivity (Wildman–Crippen MR) is 146 cm³/mol. The Morgan fingerprint density at radius 1 is 1.11 bits per heavy atom. The predicted octanol–water partition coefficient (Wildman–Crippen LogP) is 1.77. The Morgan fingerprint density at radius 3 is 2.50 bits per heavy atom. The molecule has 0 aromatic heterocycles. The number of hydrogen-bond acceptors (Lipinski definition) is 7. The number of ether oxygens (including phenoxy) is 2. The van der Waals surface area contributed by atoms with Crippen molar-refractivity contribution in [2.45, 2.75) is 38.6 Å². The molecule has 1 aliphatic rings. The van der Waals surface area contributed by atoms with E-state index in [1.807, 2.05) is 32.0 Å². The number of nitrogens with zero attached hydrogens (tertiary/aromatic N) is 1. The summed E-state index contributed by atoms with van der Waals surface area (Å²) in [5.41, 5.74) is 1.15. The topological polar surface area (TPSA) is 126 Å². The Balaban J connectivity index is 1.70. The van der Waals surface area contributed by atoms with E-state index >= 15 is 0 Å². The minimum absolute atomic E-state index is 0.0968. The lowest BCUT2D eigenvalue weighted by Gasteiger charge is -2.32. The number of methoxy groups -OCH3 is 1. The summed E-state index contributed by atoms with van der Waals surface area (Å²) in [4.78, 5) is 26.4. The van der Waals surface area contributed by atoms with Crippen molar-refractivity contribution in [1.82, 2.24) is 20.3 Å². The maximum absolute atomic E-state index is 13.6. The van der Waals surface area contributed by atoms with Gasteiger partial charge < -0.3 is 25.0 Å². The zero-order chi connectivity index (χ0) is 27.7. The lowest BCUT2D eigenvalue weighted by molar-refractivity contribution is -0.119. The number of rotatable bonds is 13. The van der Waals surface area contributed by atoms with Crippen molar-refractivity contribution in [2.75, 3.05) is 39.9 Å². The van der Waals surface area contributed by atoms with Gasteiger partial charge >= 0.3 is 0 Å². The molecule has 2 atom stereocenters. The molecule has 2 aromatic rings. The highest BCUT2D eigenvalue weighted by atomic mass is 32.2. The van der Waals surface area contributed by atoms with Crippen LogP contribution in [0.1, 0.15) is 36.7 Å². The molecule has 1 fully saturated rings. The van der Waals surface area contributed by atoms with Gasteiger partial charge in [0.2, 0.25) is 15.9 Å². The van der Waals surface area contributed by atoms with Gasteiger partial charge in [0.05, 0.1) is 19.4 Å². The van der Waals surface area contributed by atoms with Crippen LogP contribution in [0.5, 0.6) is 11.5 Å². The first-order valence-electron chi connectivity index (χ1n) is 12.7. The van der Waals surface area contributed by atoms with Gasteiger partial charge in [0.15, 0.2) is 11.5 Å². The fourth-order valence-electron chi connectivity index (χ4n) is 4.39. The van der Waals surface area contributed by atoms with Gasteiger partial charge in [0, 0.05) is 50.1 Å². The first-order chi connectivity index (χ1) is 18.1. The Morgan fingerprint density at radius 2 is 1.84 bits per heavy atom. The molecule has 38 heavy (non-hydrogen) atoms. The summed E-state index contributed by atoms with van der Waals surface area (Å²) in [6.07, 6.45) is 0. The molecule has 11 heteroatoms. The van der Waals surface area contributed by atoms with Gasteiger partial charge in [-0.25, -0.2) is 13.1 Å². The molecule has 1 saturated heterocycles. The fraction of sp³-hybridized carbons (Fsp3) is 0.481. The van der Waals surface area contributed by atoms with E-state index in [1.165, 1.54) is 14.0 Å². The van der Waals surface area contributed by atoms with E-state index in [9.17, 15) is 18.0 Å². The molecule has 0 spiro atoms. The van der Waals surface area contributed by atoms with Crippen LogP contribution in [-0.4, -0.2) is 77.1 Å². The zero-order valence-corrected chi connectivity index (χ0v) is 23.2. The van der Waals surface area contributed by atoms with Gasteiger partial charge in [-0.05, 0) is 37.6 Å². The average molecular weight is 547 g/mol. The lowest BCUT2D eigenvalue weighted by Crippen LogP contribution is -2.47. The molecule has 0 bridgehead atoms. The van der Waals surface area contributed by atoms with Crippen LogP contribution in [-0.2, 0) is 20.6 Å². The molecule has 3 N–H and O–H groups in total. The van der Waals surface area contributed by atoms with Gasteiger partial charge in [-0.3, -0.25) is 9.59 Å². The quantitative estimate of drug-likeness (QED) is 0.327. The first-order valence-corrected chi connectivity index (χ1v) is 14.4. The molecule has 0 radical (unpaired) electrons. The van der Waals surface area contributed by atoms with E-state index in [0.717, 1.165) is 5.56 Å². The maximum atomic E-state index is 13.6. The third-order valence-corrected chi connectivity index (χ3v) is 7.71. The van der Waals surface area contributed by atoms with E-state index in [2.05, 4.69) is 15.4 Å². The number of carbonyl (C=O) groups excluding carboxylic acids is 2. The fourth-order valence-corrected chi connectivity index (χ4v) is 5.84. The highest BCUT2D eigenvalue weighted by Crippen LogP contribution is 2.29. The van der Waals surface area contributed by atoms with Crippen LogP contribution in [0.2, 0.25) is 0 Å².